The lowest BCUT2D eigenvalue weighted by molar-refractivity contribution is 0.0692. The molecule has 6 heteroatoms. The van der Waals surface area contributed by atoms with Crippen LogP contribution in [0, 0.1) is 11.3 Å². The molecule has 1 aliphatic heterocycles. The van der Waals surface area contributed by atoms with Gasteiger partial charge in [0.05, 0.1) is 18.7 Å². The number of β-amino-alcohol motifs (C(OH)–C–C–N with tert-alkyl or cyclic N) is 1. The van der Waals surface area contributed by atoms with Crippen molar-refractivity contribution in [3.63, 3.8) is 0 Å². The molecule has 3 rings (SSSR count). The normalized spacial score (nSPS) is 16.6. The Hall–Kier alpha value is -2.59. The minimum Gasteiger partial charge on any atom is -0.497 e. The lowest BCUT2D eigenvalue weighted by atomic mass is 10.1. The zero-order chi connectivity index (χ0) is 20.5. The summed E-state index contributed by atoms with van der Waals surface area (Å²) in [5.41, 5.74) is 1.92. The molecule has 1 atom stereocenters. The van der Waals surface area contributed by atoms with Crippen molar-refractivity contribution < 1.29 is 14.6 Å². The number of aliphatic hydroxyl groups is 1. The van der Waals surface area contributed by atoms with Gasteiger partial charge in [-0.25, -0.2) is 0 Å². The topological polar surface area (TPSA) is 69.0 Å². The van der Waals surface area contributed by atoms with E-state index in [-0.39, 0.29) is 6.61 Å². The van der Waals surface area contributed by atoms with Gasteiger partial charge in [-0.2, -0.15) is 5.26 Å². The summed E-state index contributed by atoms with van der Waals surface area (Å²) in [7, 11) is 1.63. The Kier molecular flexibility index (Phi) is 7.88. The molecule has 0 radical (unpaired) electrons. The van der Waals surface area contributed by atoms with Crippen LogP contribution in [0.2, 0.25) is 0 Å². The van der Waals surface area contributed by atoms with Crippen molar-refractivity contribution >= 4 is 0 Å². The summed E-state index contributed by atoms with van der Waals surface area (Å²) < 4.78 is 10.8. The van der Waals surface area contributed by atoms with Crippen LogP contribution in [0.3, 0.4) is 0 Å². The maximum Gasteiger partial charge on any atom is 0.119 e. The first-order valence-corrected chi connectivity index (χ1v) is 10.0. The van der Waals surface area contributed by atoms with E-state index in [1.807, 2.05) is 48.5 Å². The van der Waals surface area contributed by atoms with Crippen LogP contribution in [0.25, 0.3) is 0 Å². The van der Waals surface area contributed by atoms with Gasteiger partial charge in [0.2, 0.25) is 0 Å². The third-order valence-corrected chi connectivity index (χ3v) is 5.14. The summed E-state index contributed by atoms with van der Waals surface area (Å²) in [6, 6.07) is 17.3. The SMILES string of the molecule is COc1ccc(OCC(O)CN2CCCN(Cc3ccc(C#N)cc3)CC2)cc1. The Bertz CT molecular complexity index is 787. The Morgan fingerprint density at radius 2 is 1.62 bits per heavy atom. The lowest BCUT2D eigenvalue weighted by Crippen LogP contribution is -2.38. The van der Waals surface area contributed by atoms with Gasteiger partial charge in [0.15, 0.2) is 0 Å². The summed E-state index contributed by atoms with van der Waals surface area (Å²) in [5, 5.41) is 19.3. The van der Waals surface area contributed by atoms with Crippen LogP contribution in [-0.4, -0.2) is 67.5 Å². The number of nitriles is 1. The molecule has 2 aromatic rings. The van der Waals surface area contributed by atoms with E-state index in [4.69, 9.17) is 14.7 Å². The number of benzene rings is 2. The third-order valence-electron chi connectivity index (χ3n) is 5.14. The third kappa shape index (κ3) is 6.75. The number of nitrogens with zero attached hydrogens (tertiary/aromatic N) is 3. The molecule has 0 saturated carbocycles. The van der Waals surface area contributed by atoms with Gasteiger partial charge in [-0.05, 0) is 61.5 Å². The zero-order valence-corrected chi connectivity index (χ0v) is 17.0. The molecule has 2 aromatic carbocycles. The van der Waals surface area contributed by atoms with Crippen molar-refractivity contribution in [2.45, 2.75) is 19.1 Å². The minimum absolute atomic E-state index is 0.276. The second-order valence-electron chi connectivity index (χ2n) is 7.38. The Morgan fingerprint density at radius 3 is 2.31 bits per heavy atom. The van der Waals surface area contributed by atoms with Crippen LogP contribution in [0.1, 0.15) is 17.5 Å². The van der Waals surface area contributed by atoms with E-state index in [9.17, 15) is 5.11 Å². The molecule has 154 valence electrons. The number of methoxy groups -OCH3 is 1. The highest BCUT2D eigenvalue weighted by Crippen LogP contribution is 2.17. The zero-order valence-electron chi connectivity index (χ0n) is 17.0. The number of ether oxygens (including phenoxy) is 2. The Morgan fingerprint density at radius 1 is 0.966 bits per heavy atom. The van der Waals surface area contributed by atoms with Gasteiger partial charge >= 0.3 is 0 Å². The average molecular weight is 396 g/mol. The maximum atomic E-state index is 10.4. The van der Waals surface area contributed by atoms with Crippen LogP contribution < -0.4 is 9.47 Å². The molecule has 1 unspecified atom stereocenters. The first kappa shape index (κ1) is 21.1. The molecular weight excluding hydrogens is 366 g/mol. The first-order chi connectivity index (χ1) is 14.2. The predicted molar refractivity (Wildman–Crippen MR) is 112 cm³/mol. The number of hydrogen-bond acceptors (Lipinski definition) is 6. The largest absolute Gasteiger partial charge is 0.497 e. The number of aliphatic hydroxyl groups excluding tert-OH is 1. The van der Waals surface area contributed by atoms with E-state index < -0.39 is 6.10 Å². The lowest BCUT2D eigenvalue weighted by Gasteiger charge is -2.24. The van der Waals surface area contributed by atoms with Crippen molar-refractivity contribution in [2.75, 3.05) is 46.4 Å². The van der Waals surface area contributed by atoms with Gasteiger partial charge in [0, 0.05) is 26.2 Å². The molecule has 1 fully saturated rings. The number of hydrogen-bond donors (Lipinski definition) is 1. The molecular formula is C23H29N3O3. The molecule has 1 N–H and O–H groups in total. The average Bonchev–Trinajstić information content (AvgIpc) is 2.98. The molecule has 1 heterocycles. The summed E-state index contributed by atoms with van der Waals surface area (Å²) in [6.07, 6.45) is 0.546. The minimum atomic E-state index is -0.526. The fourth-order valence-electron chi connectivity index (χ4n) is 3.52. The van der Waals surface area contributed by atoms with E-state index in [0.717, 1.165) is 50.6 Å². The van der Waals surface area contributed by atoms with E-state index in [1.54, 1.807) is 7.11 Å². The van der Waals surface area contributed by atoms with Crippen molar-refractivity contribution in [3.8, 4) is 17.6 Å². The smallest absolute Gasteiger partial charge is 0.119 e. The van der Waals surface area contributed by atoms with E-state index >= 15 is 0 Å². The molecule has 29 heavy (non-hydrogen) atoms. The molecule has 0 amide bonds. The first-order valence-electron chi connectivity index (χ1n) is 10.0. The summed E-state index contributed by atoms with van der Waals surface area (Å²) >= 11 is 0. The molecule has 1 aliphatic rings. The second kappa shape index (κ2) is 10.8. The monoisotopic (exact) mass is 395 g/mol. The van der Waals surface area contributed by atoms with Gasteiger partial charge in [0.25, 0.3) is 0 Å². The molecule has 6 nitrogen and oxygen atoms in total. The summed E-state index contributed by atoms with van der Waals surface area (Å²) in [4.78, 5) is 4.74. The Labute approximate surface area is 172 Å². The quantitative estimate of drug-likeness (QED) is 0.741. The van der Waals surface area contributed by atoms with Crippen LogP contribution >= 0.6 is 0 Å². The van der Waals surface area contributed by atoms with Gasteiger partial charge < -0.3 is 14.6 Å². The van der Waals surface area contributed by atoms with Gasteiger partial charge in [-0.3, -0.25) is 9.80 Å². The van der Waals surface area contributed by atoms with E-state index in [1.165, 1.54) is 5.56 Å². The predicted octanol–water partition coefficient (Wildman–Crippen LogP) is 2.51. The maximum absolute atomic E-state index is 10.4. The highest BCUT2D eigenvalue weighted by Gasteiger charge is 2.18. The van der Waals surface area contributed by atoms with Gasteiger partial charge in [0.1, 0.15) is 24.2 Å². The van der Waals surface area contributed by atoms with Crippen LogP contribution in [0.15, 0.2) is 48.5 Å². The van der Waals surface area contributed by atoms with Gasteiger partial charge in [-0.1, -0.05) is 12.1 Å². The van der Waals surface area contributed by atoms with Crippen LogP contribution in [0.5, 0.6) is 11.5 Å². The fraction of sp³-hybridized carbons (Fsp3) is 0.435. The molecule has 0 aliphatic carbocycles. The molecule has 0 bridgehead atoms. The van der Waals surface area contributed by atoms with Crippen LogP contribution in [0.4, 0.5) is 0 Å². The van der Waals surface area contributed by atoms with E-state index in [2.05, 4.69) is 15.9 Å². The fourth-order valence-corrected chi connectivity index (χ4v) is 3.52. The summed E-state index contributed by atoms with van der Waals surface area (Å²) in [5.74, 6) is 1.52. The van der Waals surface area contributed by atoms with Crippen molar-refractivity contribution in [3.05, 3.63) is 59.7 Å². The standard InChI is InChI=1S/C23H29N3O3/c1-28-22-7-9-23(10-8-22)29-18-21(27)17-26-12-2-11-25(13-14-26)16-20-5-3-19(15-24)4-6-20/h3-10,21,27H,2,11-14,16-18H2,1H3. The van der Waals surface area contributed by atoms with Gasteiger partial charge in [-0.15, -0.1) is 0 Å². The number of rotatable bonds is 8. The van der Waals surface area contributed by atoms with Crippen LogP contribution in [-0.2, 0) is 6.54 Å². The van der Waals surface area contributed by atoms with E-state index in [0.29, 0.717) is 12.1 Å². The highest BCUT2D eigenvalue weighted by atomic mass is 16.5. The van der Waals surface area contributed by atoms with Crippen molar-refractivity contribution in [2.24, 2.45) is 0 Å². The molecule has 0 spiro atoms. The highest BCUT2D eigenvalue weighted by molar-refractivity contribution is 5.32. The Balaban J connectivity index is 1.40. The second-order valence-corrected chi connectivity index (χ2v) is 7.38. The molecule has 1 saturated heterocycles. The van der Waals surface area contributed by atoms with Crippen molar-refractivity contribution in [1.82, 2.24) is 9.80 Å². The molecule has 0 aromatic heterocycles. The van der Waals surface area contributed by atoms with Crippen molar-refractivity contribution in [1.29, 1.82) is 5.26 Å². The summed E-state index contributed by atoms with van der Waals surface area (Å²) in [6.45, 7) is 5.68.